The van der Waals surface area contributed by atoms with Crippen molar-refractivity contribution in [3.63, 3.8) is 0 Å². The first-order valence-electron chi connectivity index (χ1n) is 3.12. The van der Waals surface area contributed by atoms with Gasteiger partial charge < -0.3 is 10.4 Å². The van der Waals surface area contributed by atoms with Crippen LogP contribution in [-0.2, 0) is 6.54 Å². The molecule has 1 heterocycles. The largest absolute Gasteiger partial charge is 0.395 e. The Morgan fingerprint density at radius 1 is 1.70 bits per heavy atom. The molecule has 4 heteroatoms. The van der Waals surface area contributed by atoms with Crippen LogP contribution in [0.3, 0.4) is 0 Å². The maximum atomic E-state index is 8.42. The van der Waals surface area contributed by atoms with Crippen molar-refractivity contribution in [1.82, 2.24) is 10.3 Å². The first-order chi connectivity index (χ1) is 4.93. The molecule has 0 fully saturated rings. The number of aliphatic hydroxyl groups is 1. The van der Waals surface area contributed by atoms with E-state index in [-0.39, 0.29) is 6.61 Å². The minimum atomic E-state index is 0.193. The summed E-state index contributed by atoms with van der Waals surface area (Å²) in [5.74, 6) is 0. The molecule has 0 spiro atoms. The first kappa shape index (κ1) is 7.65. The molecule has 56 valence electrons. The lowest BCUT2D eigenvalue weighted by Crippen LogP contribution is -2.16. The zero-order valence-electron chi connectivity index (χ0n) is 5.58. The van der Waals surface area contributed by atoms with Crippen LogP contribution in [-0.4, -0.2) is 23.2 Å². The molecular weight excluding hydrogens is 148 g/mol. The fourth-order valence-electron chi connectivity index (χ4n) is 0.620. The number of hydrogen-bond acceptors (Lipinski definition) is 4. The molecule has 1 aromatic rings. The van der Waals surface area contributed by atoms with Crippen molar-refractivity contribution in [2.45, 2.75) is 6.54 Å². The van der Waals surface area contributed by atoms with Gasteiger partial charge in [0, 0.05) is 24.2 Å². The van der Waals surface area contributed by atoms with Gasteiger partial charge in [-0.2, -0.15) is 0 Å². The molecule has 0 saturated heterocycles. The molecule has 2 N–H and O–H groups in total. The highest BCUT2D eigenvalue weighted by Gasteiger charge is 1.91. The van der Waals surface area contributed by atoms with E-state index < -0.39 is 0 Å². The van der Waals surface area contributed by atoms with Crippen LogP contribution < -0.4 is 5.32 Å². The average Bonchev–Trinajstić information content (AvgIpc) is 2.41. The molecule has 0 aliphatic rings. The summed E-state index contributed by atoms with van der Waals surface area (Å²) >= 11 is 1.62. The SMILES string of the molecule is OCCNCc1cncs1. The Bertz CT molecular complexity index is 164. The van der Waals surface area contributed by atoms with Crippen LogP contribution >= 0.6 is 11.3 Å². The molecule has 10 heavy (non-hydrogen) atoms. The van der Waals surface area contributed by atoms with Gasteiger partial charge in [0.05, 0.1) is 12.1 Å². The van der Waals surface area contributed by atoms with Crippen LogP contribution in [0.2, 0.25) is 0 Å². The van der Waals surface area contributed by atoms with Crippen molar-refractivity contribution in [3.8, 4) is 0 Å². The van der Waals surface area contributed by atoms with E-state index in [0.717, 1.165) is 6.54 Å². The van der Waals surface area contributed by atoms with Crippen molar-refractivity contribution < 1.29 is 5.11 Å². The van der Waals surface area contributed by atoms with Gasteiger partial charge in [0.2, 0.25) is 0 Å². The predicted octanol–water partition coefficient (Wildman–Crippen LogP) is 0.225. The summed E-state index contributed by atoms with van der Waals surface area (Å²) in [6.45, 7) is 1.65. The average molecular weight is 158 g/mol. The fourth-order valence-corrected chi connectivity index (χ4v) is 1.18. The summed E-state index contributed by atoms with van der Waals surface area (Å²) in [7, 11) is 0. The van der Waals surface area contributed by atoms with Gasteiger partial charge in [-0.3, -0.25) is 4.98 Å². The van der Waals surface area contributed by atoms with E-state index in [1.54, 1.807) is 16.8 Å². The number of aromatic nitrogens is 1. The van der Waals surface area contributed by atoms with E-state index in [1.807, 2.05) is 6.20 Å². The van der Waals surface area contributed by atoms with Gasteiger partial charge in [0.15, 0.2) is 0 Å². The quantitative estimate of drug-likeness (QED) is 0.616. The van der Waals surface area contributed by atoms with Crippen LogP contribution in [0.5, 0.6) is 0 Å². The second-order valence-corrected chi connectivity index (χ2v) is 2.84. The van der Waals surface area contributed by atoms with Gasteiger partial charge in [-0.25, -0.2) is 0 Å². The summed E-state index contributed by atoms with van der Waals surface area (Å²) in [4.78, 5) is 5.12. The van der Waals surface area contributed by atoms with Gasteiger partial charge in [-0.05, 0) is 0 Å². The zero-order valence-corrected chi connectivity index (χ0v) is 6.40. The van der Waals surface area contributed by atoms with Crippen molar-refractivity contribution in [2.75, 3.05) is 13.2 Å². The summed E-state index contributed by atoms with van der Waals surface area (Å²) < 4.78 is 0. The monoisotopic (exact) mass is 158 g/mol. The molecule has 0 unspecified atom stereocenters. The summed E-state index contributed by atoms with van der Waals surface area (Å²) in [5.41, 5.74) is 1.80. The number of nitrogens with one attached hydrogen (secondary N) is 1. The lowest BCUT2D eigenvalue weighted by atomic mass is 10.5. The maximum absolute atomic E-state index is 8.42. The Morgan fingerprint density at radius 2 is 2.60 bits per heavy atom. The van der Waals surface area contributed by atoms with Crippen molar-refractivity contribution >= 4 is 11.3 Å². The van der Waals surface area contributed by atoms with Crippen LogP contribution in [0.25, 0.3) is 0 Å². The van der Waals surface area contributed by atoms with E-state index >= 15 is 0 Å². The normalized spacial score (nSPS) is 10.1. The van der Waals surface area contributed by atoms with Crippen molar-refractivity contribution in [3.05, 3.63) is 16.6 Å². The number of rotatable bonds is 4. The third-order valence-corrected chi connectivity index (χ3v) is 1.85. The van der Waals surface area contributed by atoms with Crippen molar-refractivity contribution in [2.24, 2.45) is 0 Å². The Hall–Kier alpha value is -0.450. The Labute approximate surface area is 63.7 Å². The molecule has 0 amide bonds. The van der Waals surface area contributed by atoms with Crippen LogP contribution in [0.4, 0.5) is 0 Å². The zero-order chi connectivity index (χ0) is 7.23. The van der Waals surface area contributed by atoms with E-state index in [2.05, 4.69) is 10.3 Å². The van der Waals surface area contributed by atoms with Crippen LogP contribution in [0.15, 0.2) is 11.7 Å². The number of hydrogen-bond donors (Lipinski definition) is 2. The predicted molar refractivity (Wildman–Crippen MR) is 40.9 cm³/mol. The Morgan fingerprint density at radius 3 is 3.20 bits per heavy atom. The molecule has 0 radical (unpaired) electrons. The molecule has 0 atom stereocenters. The van der Waals surface area contributed by atoms with Crippen LogP contribution in [0.1, 0.15) is 4.88 Å². The lowest BCUT2D eigenvalue weighted by molar-refractivity contribution is 0.292. The van der Waals surface area contributed by atoms with E-state index in [0.29, 0.717) is 6.54 Å². The number of nitrogens with zero attached hydrogens (tertiary/aromatic N) is 1. The second kappa shape index (κ2) is 4.38. The summed E-state index contributed by atoms with van der Waals surface area (Å²) in [6, 6.07) is 0. The topological polar surface area (TPSA) is 45.1 Å². The van der Waals surface area contributed by atoms with Gasteiger partial charge in [-0.15, -0.1) is 11.3 Å². The highest BCUT2D eigenvalue weighted by molar-refractivity contribution is 7.09. The number of aliphatic hydroxyl groups excluding tert-OH is 1. The smallest absolute Gasteiger partial charge is 0.0794 e. The van der Waals surface area contributed by atoms with Crippen molar-refractivity contribution in [1.29, 1.82) is 0 Å². The standard InChI is InChI=1S/C6H10N2OS/c9-2-1-7-3-6-4-8-5-10-6/h4-5,7,9H,1-3H2. The lowest BCUT2D eigenvalue weighted by Gasteiger charge is -1.96. The molecule has 0 aliphatic carbocycles. The molecule has 0 saturated carbocycles. The second-order valence-electron chi connectivity index (χ2n) is 1.87. The molecular formula is C6H10N2OS. The molecule has 3 nitrogen and oxygen atoms in total. The third kappa shape index (κ3) is 2.43. The van der Waals surface area contributed by atoms with E-state index in [9.17, 15) is 0 Å². The molecule has 0 aromatic carbocycles. The summed E-state index contributed by atoms with van der Waals surface area (Å²) in [5, 5.41) is 11.5. The fraction of sp³-hybridized carbons (Fsp3) is 0.500. The van der Waals surface area contributed by atoms with E-state index in [1.165, 1.54) is 4.88 Å². The Balaban J connectivity index is 2.15. The van der Waals surface area contributed by atoms with Gasteiger partial charge in [-0.1, -0.05) is 0 Å². The Kier molecular flexibility index (Phi) is 3.35. The van der Waals surface area contributed by atoms with E-state index in [4.69, 9.17) is 5.11 Å². The molecule has 1 aromatic heterocycles. The maximum Gasteiger partial charge on any atom is 0.0794 e. The van der Waals surface area contributed by atoms with Gasteiger partial charge in [0.1, 0.15) is 0 Å². The highest BCUT2D eigenvalue weighted by Crippen LogP contribution is 2.03. The highest BCUT2D eigenvalue weighted by atomic mass is 32.1. The van der Waals surface area contributed by atoms with Gasteiger partial charge in [0.25, 0.3) is 0 Å². The minimum absolute atomic E-state index is 0.193. The third-order valence-electron chi connectivity index (χ3n) is 1.07. The van der Waals surface area contributed by atoms with Crippen LogP contribution in [0, 0.1) is 0 Å². The molecule has 0 aliphatic heterocycles. The minimum Gasteiger partial charge on any atom is -0.395 e. The van der Waals surface area contributed by atoms with Gasteiger partial charge >= 0.3 is 0 Å². The molecule has 1 rings (SSSR count). The first-order valence-corrected chi connectivity index (χ1v) is 4.00. The number of thiazole rings is 1. The summed E-state index contributed by atoms with van der Waals surface area (Å²) in [6.07, 6.45) is 1.83. The molecule has 0 bridgehead atoms.